The van der Waals surface area contributed by atoms with Crippen LogP contribution in [0.4, 0.5) is 0 Å². The minimum Gasteiger partial charge on any atom is -0.469 e. The maximum Gasteiger partial charge on any atom is 0.313 e. The maximum atomic E-state index is 12.4. The van der Waals surface area contributed by atoms with Crippen molar-refractivity contribution in [1.82, 2.24) is 0 Å². The maximum absolute atomic E-state index is 12.4. The van der Waals surface area contributed by atoms with Gasteiger partial charge in [0, 0.05) is 12.0 Å². The molecule has 21 heavy (non-hydrogen) atoms. The molecule has 0 heterocycles. The molecule has 0 bridgehead atoms. The highest BCUT2D eigenvalue weighted by Crippen LogP contribution is 2.23. The number of esters is 1. The van der Waals surface area contributed by atoms with Crippen LogP contribution in [-0.2, 0) is 9.53 Å². The molecule has 0 saturated heterocycles. The number of carbonyl (C=O) groups excluding carboxylic acids is 2. The second-order valence-electron chi connectivity index (χ2n) is 4.98. The Morgan fingerprint density at radius 3 is 2.19 bits per heavy atom. The van der Waals surface area contributed by atoms with Gasteiger partial charge >= 0.3 is 5.97 Å². The number of Topliss-reactive ketones (excluding diaryl/α,β-unsaturated/α-hetero) is 1. The van der Waals surface area contributed by atoms with Gasteiger partial charge in [-0.05, 0) is 12.5 Å². The number of rotatable bonds is 5. The standard InChI is InChI=1S/C18H18O3/c1-13-8-10-15(11-9-13)17(19)12-16(18(20)21-2)14-6-4-3-5-7-14/h3-11,16H,12H2,1-2H3/t16-/m1/s1. The smallest absolute Gasteiger partial charge is 0.313 e. The molecule has 0 unspecified atom stereocenters. The lowest BCUT2D eigenvalue weighted by atomic mass is 9.91. The number of ether oxygens (including phenoxy) is 1. The fourth-order valence-electron chi connectivity index (χ4n) is 2.21. The Bertz CT molecular complexity index is 615. The van der Waals surface area contributed by atoms with Crippen LogP contribution in [0.1, 0.15) is 33.8 Å². The van der Waals surface area contributed by atoms with Crippen molar-refractivity contribution in [1.29, 1.82) is 0 Å². The van der Waals surface area contributed by atoms with E-state index >= 15 is 0 Å². The Balaban J connectivity index is 2.21. The summed E-state index contributed by atoms with van der Waals surface area (Å²) in [6, 6.07) is 16.6. The summed E-state index contributed by atoms with van der Waals surface area (Å²) in [6.45, 7) is 1.97. The number of ketones is 1. The minimum atomic E-state index is -0.565. The molecule has 2 rings (SSSR count). The molecule has 0 N–H and O–H groups in total. The van der Waals surface area contributed by atoms with Gasteiger partial charge in [-0.25, -0.2) is 0 Å². The van der Waals surface area contributed by atoms with Gasteiger partial charge in [0.25, 0.3) is 0 Å². The molecule has 3 heteroatoms. The van der Waals surface area contributed by atoms with E-state index < -0.39 is 5.92 Å². The topological polar surface area (TPSA) is 43.4 Å². The van der Waals surface area contributed by atoms with E-state index in [1.165, 1.54) is 7.11 Å². The van der Waals surface area contributed by atoms with Crippen LogP contribution in [0.3, 0.4) is 0 Å². The van der Waals surface area contributed by atoms with Crippen LogP contribution in [0, 0.1) is 6.92 Å². The Morgan fingerprint density at radius 2 is 1.62 bits per heavy atom. The first-order valence-corrected chi connectivity index (χ1v) is 6.84. The van der Waals surface area contributed by atoms with Crippen molar-refractivity contribution >= 4 is 11.8 Å². The molecule has 2 aromatic carbocycles. The molecule has 0 aliphatic heterocycles. The van der Waals surface area contributed by atoms with Gasteiger partial charge < -0.3 is 4.74 Å². The summed E-state index contributed by atoms with van der Waals surface area (Å²) >= 11 is 0. The van der Waals surface area contributed by atoms with E-state index in [1.54, 1.807) is 12.1 Å². The lowest BCUT2D eigenvalue weighted by Gasteiger charge is -2.14. The Morgan fingerprint density at radius 1 is 1.00 bits per heavy atom. The zero-order valence-electron chi connectivity index (χ0n) is 12.2. The van der Waals surface area contributed by atoms with Crippen LogP contribution in [0.2, 0.25) is 0 Å². The average molecular weight is 282 g/mol. The van der Waals surface area contributed by atoms with Gasteiger partial charge in [0.05, 0.1) is 13.0 Å². The summed E-state index contributed by atoms with van der Waals surface area (Å²) in [5.74, 6) is -1.01. The van der Waals surface area contributed by atoms with Crippen LogP contribution >= 0.6 is 0 Å². The zero-order chi connectivity index (χ0) is 15.2. The van der Waals surface area contributed by atoms with E-state index in [9.17, 15) is 9.59 Å². The highest BCUT2D eigenvalue weighted by molar-refractivity contribution is 5.99. The van der Waals surface area contributed by atoms with Crippen molar-refractivity contribution in [2.75, 3.05) is 7.11 Å². The lowest BCUT2D eigenvalue weighted by molar-refractivity contribution is -0.142. The summed E-state index contributed by atoms with van der Waals surface area (Å²) in [5, 5.41) is 0. The Labute approximate surface area is 124 Å². The number of benzene rings is 2. The average Bonchev–Trinajstić information content (AvgIpc) is 2.53. The summed E-state index contributed by atoms with van der Waals surface area (Å²) in [4.78, 5) is 24.3. The third-order valence-electron chi connectivity index (χ3n) is 3.45. The van der Waals surface area contributed by atoms with Crippen LogP contribution in [0.15, 0.2) is 54.6 Å². The SMILES string of the molecule is COC(=O)[C@H](CC(=O)c1ccc(C)cc1)c1ccccc1. The van der Waals surface area contributed by atoms with Crippen LogP contribution < -0.4 is 0 Å². The summed E-state index contributed by atoms with van der Waals surface area (Å²) in [6.07, 6.45) is 0.111. The second kappa shape index (κ2) is 6.84. The van der Waals surface area contributed by atoms with Crippen molar-refractivity contribution in [3.8, 4) is 0 Å². The molecule has 2 aromatic rings. The van der Waals surface area contributed by atoms with Crippen molar-refractivity contribution in [2.45, 2.75) is 19.3 Å². The molecule has 0 saturated carbocycles. The number of aryl methyl sites for hydroxylation is 1. The molecular weight excluding hydrogens is 264 g/mol. The second-order valence-corrected chi connectivity index (χ2v) is 4.98. The highest BCUT2D eigenvalue weighted by atomic mass is 16.5. The van der Waals surface area contributed by atoms with Crippen LogP contribution in [0.5, 0.6) is 0 Å². The van der Waals surface area contributed by atoms with Gasteiger partial charge in [0.15, 0.2) is 5.78 Å². The van der Waals surface area contributed by atoms with Crippen LogP contribution in [0.25, 0.3) is 0 Å². The van der Waals surface area contributed by atoms with Gasteiger partial charge in [0.1, 0.15) is 0 Å². The number of hydrogen-bond donors (Lipinski definition) is 0. The van der Waals surface area contributed by atoms with Crippen molar-refractivity contribution in [3.63, 3.8) is 0 Å². The van der Waals surface area contributed by atoms with Crippen molar-refractivity contribution in [2.24, 2.45) is 0 Å². The minimum absolute atomic E-state index is 0.0609. The normalized spacial score (nSPS) is 11.7. The number of carbonyl (C=O) groups is 2. The molecule has 1 atom stereocenters. The van der Waals surface area contributed by atoms with Gasteiger partial charge in [-0.2, -0.15) is 0 Å². The van der Waals surface area contributed by atoms with E-state index in [-0.39, 0.29) is 18.2 Å². The molecular formula is C18H18O3. The van der Waals surface area contributed by atoms with Gasteiger partial charge in [-0.15, -0.1) is 0 Å². The highest BCUT2D eigenvalue weighted by Gasteiger charge is 2.24. The van der Waals surface area contributed by atoms with E-state index in [0.29, 0.717) is 5.56 Å². The molecule has 108 valence electrons. The molecule has 0 spiro atoms. The summed E-state index contributed by atoms with van der Waals surface area (Å²) in [5.41, 5.74) is 2.51. The molecule has 0 aliphatic carbocycles. The Hall–Kier alpha value is -2.42. The zero-order valence-corrected chi connectivity index (χ0v) is 12.2. The quantitative estimate of drug-likeness (QED) is 0.622. The van der Waals surface area contributed by atoms with Crippen molar-refractivity contribution in [3.05, 3.63) is 71.3 Å². The summed E-state index contributed by atoms with van der Waals surface area (Å²) < 4.78 is 4.83. The monoisotopic (exact) mass is 282 g/mol. The van der Waals surface area contributed by atoms with Gasteiger partial charge in [0.2, 0.25) is 0 Å². The molecule has 0 aromatic heterocycles. The first kappa shape index (κ1) is 15.0. The first-order valence-electron chi connectivity index (χ1n) is 6.84. The third-order valence-corrected chi connectivity index (χ3v) is 3.45. The van der Waals surface area contributed by atoms with Crippen LogP contribution in [-0.4, -0.2) is 18.9 Å². The number of hydrogen-bond acceptors (Lipinski definition) is 3. The first-order chi connectivity index (χ1) is 10.1. The van der Waals surface area contributed by atoms with Gasteiger partial charge in [-0.1, -0.05) is 60.2 Å². The third kappa shape index (κ3) is 3.78. The molecule has 0 amide bonds. The molecule has 0 radical (unpaired) electrons. The number of methoxy groups -OCH3 is 1. The van der Waals surface area contributed by atoms with E-state index in [1.807, 2.05) is 49.4 Å². The largest absolute Gasteiger partial charge is 0.469 e. The predicted octanol–water partition coefficient (Wildman–Crippen LogP) is 3.52. The predicted molar refractivity (Wildman–Crippen MR) is 81.3 cm³/mol. The van der Waals surface area contributed by atoms with Crippen molar-refractivity contribution < 1.29 is 14.3 Å². The lowest BCUT2D eigenvalue weighted by Crippen LogP contribution is -2.18. The molecule has 3 nitrogen and oxygen atoms in total. The summed E-state index contributed by atoms with van der Waals surface area (Å²) in [7, 11) is 1.34. The van der Waals surface area contributed by atoms with E-state index in [2.05, 4.69) is 0 Å². The molecule has 0 aliphatic rings. The van der Waals surface area contributed by atoms with Gasteiger partial charge in [-0.3, -0.25) is 9.59 Å². The fraction of sp³-hybridized carbons (Fsp3) is 0.222. The Kier molecular flexibility index (Phi) is 4.88. The van der Waals surface area contributed by atoms with E-state index in [4.69, 9.17) is 4.74 Å². The van der Waals surface area contributed by atoms with E-state index in [0.717, 1.165) is 11.1 Å². The fourth-order valence-corrected chi connectivity index (χ4v) is 2.21. The molecule has 0 fully saturated rings.